The Bertz CT molecular complexity index is 646. The second-order valence-electron chi connectivity index (χ2n) is 5.12. The van der Waals surface area contributed by atoms with Gasteiger partial charge in [0.25, 0.3) is 0 Å². The molecule has 0 radical (unpaired) electrons. The highest BCUT2D eigenvalue weighted by atomic mass is 35.5. The smallest absolute Gasteiger partial charge is 0.189 e. The van der Waals surface area contributed by atoms with Gasteiger partial charge < -0.3 is 10.2 Å². The van der Waals surface area contributed by atoms with E-state index in [9.17, 15) is 0 Å². The molecule has 0 saturated heterocycles. The van der Waals surface area contributed by atoms with Crippen molar-refractivity contribution in [2.75, 3.05) is 30.6 Å². The lowest BCUT2D eigenvalue weighted by Gasteiger charge is -2.16. The molecule has 0 aliphatic heterocycles. The van der Waals surface area contributed by atoms with Gasteiger partial charge in [-0.05, 0) is 30.4 Å². The molecular weight excluding hydrogens is 316 g/mol. The van der Waals surface area contributed by atoms with E-state index in [4.69, 9.17) is 11.6 Å². The molecule has 6 heteroatoms. The van der Waals surface area contributed by atoms with Crippen molar-refractivity contribution in [3.63, 3.8) is 0 Å². The monoisotopic (exact) mass is 336 g/mol. The third-order valence-electron chi connectivity index (χ3n) is 3.36. The van der Waals surface area contributed by atoms with Crippen LogP contribution >= 0.6 is 23.4 Å². The first kappa shape index (κ1) is 16.9. The molecule has 118 valence electrons. The van der Waals surface area contributed by atoms with Crippen molar-refractivity contribution < 1.29 is 0 Å². The van der Waals surface area contributed by atoms with Gasteiger partial charge in [0.15, 0.2) is 5.16 Å². The van der Waals surface area contributed by atoms with Crippen LogP contribution in [-0.2, 0) is 13.0 Å². The summed E-state index contributed by atoms with van der Waals surface area (Å²) in [6.45, 7) is 2.79. The third-order valence-corrected chi connectivity index (χ3v) is 4.22. The summed E-state index contributed by atoms with van der Waals surface area (Å²) in [4.78, 5) is 10.9. The van der Waals surface area contributed by atoms with E-state index in [2.05, 4.69) is 28.3 Å². The SMILES string of the molecule is CCc1cnc(SC)nc1NCc1ccc(N(C)C)c(Cl)c1. The van der Waals surface area contributed by atoms with Gasteiger partial charge in [-0.15, -0.1) is 0 Å². The lowest BCUT2D eigenvalue weighted by atomic mass is 10.2. The zero-order valence-electron chi connectivity index (χ0n) is 13.4. The molecule has 4 nitrogen and oxygen atoms in total. The number of hydrogen-bond acceptors (Lipinski definition) is 5. The number of anilines is 2. The van der Waals surface area contributed by atoms with Crippen molar-refractivity contribution in [1.82, 2.24) is 9.97 Å². The minimum absolute atomic E-state index is 0.686. The van der Waals surface area contributed by atoms with E-state index in [0.717, 1.165) is 39.2 Å². The van der Waals surface area contributed by atoms with Crippen molar-refractivity contribution in [3.8, 4) is 0 Å². The molecule has 0 saturated carbocycles. The summed E-state index contributed by atoms with van der Waals surface area (Å²) in [5.74, 6) is 0.898. The summed E-state index contributed by atoms with van der Waals surface area (Å²) in [6, 6.07) is 6.11. The highest BCUT2D eigenvalue weighted by Crippen LogP contribution is 2.26. The van der Waals surface area contributed by atoms with Gasteiger partial charge >= 0.3 is 0 Å². The Labute approximate surface area is 141 Å². The molecule has 0 spiro atoms. The van der Waals surface area contributed by atoms with Crippen LogP contribution in [0.4, 0.5) is 11.5 Å². The standard InChI is InChI=1S/C16H21ClN4S/c1-5-12-10-19-16(22-4)20-15(12)18-9-11-6-7-14(21(2)3)13(17)8-11/h6-8,10H,5,9H2,1-4H3,(H,18,19,20). The first-order valence-electron chi connectivity index (χ1n) is 7.14. The quantitative estimate of drug-likeness (QED) is 0.635. The Morgan fingerprint density at radius 2 is 2.09 bits per heavy atom. The molecule has 0 fully saturated rings. The van der Waals surface area contributed by atoms with E-state index < -0.39 is 0 Å². The van der Waals surface area contributed by atoms with Gasteiger partial charge in [-0.1, -0.05) is 36.4 Å². The molecule has 2 rings (SSSR count). The van der Waals surface area contributed by atoms with Crippen molar-refractivity contribution in [1.29, 1.82) is 0 Å². The number of hydrogen-bond donors (Lipinski definition) is 1. The fourth-order valence-electron chi connectivity index (χ4n) is 2.11. The van der Waals surface area contributed by atoms with E-state index in [1.165, 1.54) is 0 Å². The van der Waals surface area contributed by atoms with Crippen molar-refractivity contribution in [2.45, 2.75) is 25.0 Å². The largest absolute Gasteiger partial charge is 0.376 e. The molecule has 0 amide bonds. The van der Waals surface area contributed by atoms with E-state index >= 15 is 0 Å². The van der Waals surface area contributed by atoms with Crippen molar-refractivity contribution >= 4 is 34.9 Å². The Balaban J connectivity index is 2.14. The number of benzene rings is 1. The number of nitrogens with zero attached hydrogens (tertiary/aromatic N) is 3. The Hall–Kier alpha value is -1.46. The van der Waals surface area contributed by atoms with Gasteiger partial charge in [0.05, 0.1) is 10.7 Å². The predicted molar refractivity (Wildman–Crippen MR) is 96.3 cm³/mol. The lowest BCUT2D eigenvalue weighted by molar-refractivity contribution is 0.917. The summed E-state index contributed by atoms with van der Waals surface area (Å²) in [5.41, 5.74) is 3.27. The van der Waals surface area contributed by atoms with Gasteiger partial charge in [0, 0.05) is 32.4 Å². The molecule has 1 aromatic heterocycles. The topological polar surface area (TPSA) is 41.1 Å². The lowest BCUT2D eigenvalue weighted by Crippen LogP contribution is -2.10. The van der Waals surface area contributed by atoms with Gasteiger partial charge in [-0.25, -0.2) is 9.97 Å². The van der Waals surface area contributed by atoms with Crippen molar-refractivity contribution in [2.24, 2.45) is 0 Å². The zero-order chi connectivity index (χ0) is 16.1. The van der Waals surface area contributed by atoms with Crippen LogP contribution in [0.5, 0.6) is 0 Å². The number of thioether (sulfide) groups is 1. The van der Waals surface area contributed by atoms with Crippen LogP contribution in [0.15, 0.2) is 29.6 Å². The minimum atomic E-state index is 0.686. The highest BCUT2D eigenvalue weighted by Gasteiger charge is 2.07. The maximum atomic E-state index is 6.31. The summed E-state index contributed by atoms with van der Waals surface area (Å²) < 4.78 is 0. The fourth-order valence-corrected chi connectivity index (χ4v) is 2.82. The number of aromatic nitrogens is 2. The zero-order valence-corrected chi connectivity index (χ0v) is 14.9. The number of halogens is 1. The molecule has 1 N–H and O–H groups in total. The molecule has 0 bridgehead atoms. The third kappa shape index (κ3) is 4.05. The molecule has 1 heterocycles. The second kappa shape index (κ2) is 7.70. The predicted octanol–water partition coefficient (Wildman–Crippen LogP) is 4.09. The Kier molecular flexibility index (Phi) is 5.91. The molecule has 2 aromatic rings. The van der Waals surface area contributed by atoms with Crippen LogP contribution < -0.4 is 10.2 Å². The van der Waals surface area contributed by atoms with E-state index in [0.29, 0.717) is 6.54 Å². The van der Waals surface area contributed by atoms with Gasteiger partial charge in [-0.3, -0.25) is 0 Å². The van der Waals surface area contributed by atoms with Crippen LogP contribution in [0.2, 0.25) is 5.02 Å². The van der Waals surface area contributed by atoms with Crippen LogP contribution in [0.25, 0.3) is 0 Å². The maximum absolute atomic E-state index is 6.31. The van der Waals surface area contributed by atoms with Gasteiger partial charge in [0.2, 0.25) is 0 Å². The summed E-state index contributed by atoms with van der Waals surface area (Å²) in [6.07, 6.45) is 4.77. The maximum Gasteiger partial charge on any atom is 0.189 e. The van der Waals surface area contributed by atoms with Crippen LogP contribution in [0.1, 0.15) is 18.1 Å². The Morgan fingerprint density at radius 3 is 2.68 bits per heavy atom. The summed E-state index contributed by atoms with van der Waals surface area (Å²) in [5, 5.41) is 4.93. The average Bonchev–Trinajstić information content (AvgIpc) is 2.52. The molecule has 0 aliphatic rings. The van der Waals surface area contributed by atoms with E-state index in [1.54, 1.807) is 11.8 Å². The second-order valence-corrected chi connectivity index (χ2v) is 6.30. The Morgan fingerprint density at radius 1 is 1.32 bits per heavy atom. The summed E-state index contributed by atoms with van der Waals surface area (Å²) in [7, 11) is 3.97. The molecule has 1 aromatic carbocycles. The highest BCUT2D eigenvalue weighted by molar-refractivity contribution is 7.98. The van der Waals surface area contributed by atoms with Crippen molar-refractivity contribution in [3.05, 3.63) is 40.5 Å². The number of rotatable bonds is 6. The molecule has 22 heavy (non-hydrogen) atoms. The number of nitrogens with one attached hydrogen (secondary N) is 1. The minimum Gasteiger partial charge on any atom is -0.376 e. The van der Waals surface area contributed by atoms with E-state index in [-0.39, 0.29) is 0 Å². The molecule has 0 atom stereocenters. The first-order chi connectivity index (χ1) is 10.5. The molecular formula is C16H21ClN4S. The first-order valence-corrected chi connectivity index (χ1v) is 8.75. The van der Waals surface area contributed by atoms with E-state index in [1.807, 2.05) is 43.6 Å². The fraction of sp³-hybridized carbons (Fsp3) is 0.375. The molecule has 0 aliphatic carbocycles. The number of aryl methyl sites for hydroxylation is 1. The van der Waals surface area contributed by atoms with Crippen LogP contribution in [0.3, 0.4) is 0 Å². The van der Waals surface area contributed by atoms with Gasteiger partial charge in [0.1, 0.15) is 5.82 Å². The average molecular weight is 337 g/mol. The van der Waals surface area contributed by atoms with Crippen LogP contribution in [0, 0.1) is 0 Å². The van der Waals surface area contributed by atoms with Crippen LogP contribution in [-0.4, -0.2) is 30.3 Å². The summed E-state index contributed by atoms with van der Waals surface area (Å²) >= 11 is 7.86. The normalized spacial score (nSPS) is 10.6. The molecule has 0 unspecified atom stereocenters. The van der Waals surface area contributed by atoms with Gasteiger partial charge in [-0.2, -0.15) is 0 Å².